The molecular formula is C12H13N5O7S. The zero-order chi connectivity index (χ0) is 18.4. The van der Waals surface area contributed by atoms with E-state index in [1.165, 1.54) is 35.4 Å². The van der Waals surface area contributed by atoms with Crippen LogP contribution in [0, 0.1) is 10.1 Å². The Labute approximate surface area is 143 Å². The van der Waals surface area contributed by atoms with Crippen molar-refractivity contribution in [3.05, 3.63) is 40.6 Å². The summed E-state index contributed by atoms with van der Waals surface area (Å²) in [6, 6.07) is 5.56. The summed E-state index contributed by atoms with van der Waals surface area (Å²) < 4.78 is 40.0. The molecular weight excluding hydrogens is 358 g/mol. The van der Waals surface area contributed by atoms with E-state index in [0.29, 0.717) is 5.69 Å². The van der Waals surface area contributed by atoms with Crippen molar-refractivity contribution in [2.24, 2.45) is 10.2 Å². The van der Waals surface area contributed by atoms with E-state index in [0.717, 1.165) is 0 Å². The van der Waals surface area contributed by atoms with Crippen molar-refractivity contribution in [2.75, 3.05) is 25.1 Å². The van der Waals surface area contributed by atoms with Gasteiger partial charge >= 0.3 is 1.43 Å². The third-order valence-electron chi connectivity index (χ3n) is 2.93. The Morgan fingerprint density at radius 3 is 2.76 bits per heavy atom. The molecule has 1 heterocycles. The lowest BCUT2D eigenvalue weighted by Crippen LogP contribution is -2.23. The molecule has 0 aliphatic rings. The van der Waals surface area contributed by atoms with Crippen LogP contribution in [0.25, 0.3) is 0 Å². The fraction of sp³-hybridized carbons (Fsp3) is 0.250. The summed E-state index contributed by atoms with van der Waals surface area (Å²) in [5.74, 6) is 0.0893. The van der Waals surface area contributed by atoms with Crippen LogP contribution < -0.4 is 4.90 Å². The number of nitro groups is 1. The molecule has 2 rings (SSSR count). The minimum Gasteiger partial charge on any atom is -0.726 e. The van der Waals surface area contributed by atoms with Crippen molar-refractivity contribution < 1.29 is 28.0 Å². The molecule has 12 nitrogen and oxygen atoms in total. The molecule has 0 saturated heterocycles. The summed E-state index contributed by atoms with van der Waals surface area (Å²) in [6.45, 7) is -0.360. The van der Waals surface area contributed by atoms with Gasteiger partial charge in [0.15, 0.2) is 5.69 Å². The number of rotatable bonds is 8. The quantitative estimate of drug-likeness (QED) is 0.222. The molecule has 0 amide bonds. The van der Waals surface area contributed by atoms with Gasteiger partial charge in [0.1, 0.15) is 0 Å². The van der Waals surface area contributed by atoms with Crippen molar-refractivity contribution >= 4 is 33.3 Å². The predicted molar refractivity (Wildman–Crippen MR) is 83.8 cm³/mol. The average molecular weight is 371 g/mol. The first kappa shape index (κ1) is 18.4. The summed E-state index contributed by atoms with van der Waals surface area (Å²) in [5, 5.41) is 22.1. The second kappa shape index (κ2) is 7.78. The summed E-state index contributed by atoms with van der Waals surface area (Å²) in [4.78, 5) is 12.1. The lowest BCUT2D eigenvalue weighted by Gasteiger charge is -2.19. The summed E-state index contributed by atoms with van der Waals surface area (Å²) in [7, 11) is -3.23. The van der Waals surface area contributed by atoms with Crippen LogP contribution in [-0.2, 0) is 14.6 Å². The summed E-state index contributed by atoms with van der Waals surface area (Å²) in [6.07, 6.45) is 1.35. The number of nitro benzene ring substituents is 1. The number of benzene rings is 1. The Morgan fingerprint density at radius 1 is 1.40 bits per heavy atom. The summed E-state index contributed by atoms with van der Waals surface area (Å²) >= 11 is 0. The molecule has 0 N–H and O–H groups in total. The number of anilines is 1. The van der Waals surface area contributed by atoms with E-state index in [1.807, 2.05) is 0 Å². The number of aromatic nitrogens is 1. The molecule has 134 valence electrons. The zero-order valence-electron chi connectivity index (χ0n) is 13.8. The SMILES string of the molecule is CN(CCOS(=O)(=O)[O-])c1ccc(N=Nc2ccno2)c([N+](=O)[O-])c1.[H+]. The highest BCUT2D eigenvalue weighted by Crippen LogP contribution is 2.32. The topological polar surface area (TPSA) is 164 Å². The molecule has 0 bridgehead atoms. The van der Waals surface area contributed by atoms with Crippen molar-refractivity contribution in [3.63, 3.8) is 0 Å². The first-order chi connectivity index (χ1) is 11.8. The van der Waals surface area contributed by atoms with E-state index in [1.54, 1.807) is 7.05 Å². The Hall–Kier alpha value is -2.90. The van der Waals surface area contributed by atoms with E-state index in [2.05, 4.69) is 19.6 Å². The molecule has 2 aromatic rings. The van der Waals surface area contributed by atoms with Crippen molar-refractivity contribution in [3.8, 4) is 0 Å². The second-order valence-electron chi connectivity index (χ2n) is 4.63. The normalized spacial score (nSPS) is 11.8. The maximum Gasteiger partial charge on any atom is 1.00 e. The number of likely N-dealkylation sites (N-methyl/N-ethyl adjacent to an activating group) is 1. The molecule has 0 radical (unpaired) electrons. The Bertz CT molecular complexity index is 872. The Morgan fingerprint density at radius 2 is 2.16 bits per heavy atom. The van der Waals surface area contributed by atoms with Crippen LogP contribution >= 0.6 is 0 Å². The van der Waals surface area contributed by atoms with Gasteiger partial charge in [0.25, 0.3) is 11.6 Å². The molecule has 0 fully saturated rings. The van der Waals surface area contributed by atoms with E-state index in [9.17, 15) is 23.1 Å². The molecule has 0 unspecified atom stereocenters. The van der Waals surface area contributed by atoms with Gasteiger partial charge in [0.05, 0.1) is 17.7 Å². The molecule has 1 aromatic heterocycles. The summed E-state index contributed by atoms with van der Waals surface area (Å²) in [5.41, 5.74) is 0.0825. The lowest BCUT2D eigenvalue weighted by molar-refractivity contribution is -0.384. The standard InChI is InChI=1S/C12H13N5O7S/c1-16(6-7-23-25(20,21)22)9-2-3-10(11(8-9)17(18)19)14-15-12-4-5-13-24-12/h2-5,8H,6-7H2,1H3,(H,20,21,22). The number of hydrogen-bond donors (Lipinski definition) is 0. The van der Waals surface area contributed by atoms with Crippen molar-refractivity contribution in [1.29, 1.82) is 0 Å². The molecule has 1 aromatic carbocycles. The highest BCUT2D eigenvalue weighted by Gasteiger charge is 2.16. The lowest BCUT2D eigenvalue weighted by atomic mass is 10.2. The monoisotopic (exact) mass is 371 g/mol. The maximum atomic E-state index is 11.2. The van der Waals surface area contributed by atoms with Gasteiger partial charge in [0.2, 0.25) is 10.4 Å². The van der Waals surface area contributed by atoms with E-state index in [4.69, 9.17) is 4.52 Å². The van der Waals surface area contributed by atoms with Crippen LogP contribution in [0.1, 0.15) is 1.43 Å². The maximum absolute atomic E-state index is 11.2. The average Bonchev–Trinajstić information content (AvgIpc) is 3.04. The zero-order valence-corrected chi connectivity index (χ0v) is 13.6. The third kappa shape index (κ3) is 5.59. The number of azo groups is 1. The van der Waals surface area contributed by atoms with Gasteiger partial charge in [-0.05, 0) is 12.1 Å². The van der Waals surface area contributed by atoms with Crippen LogP contribution in [-0.4, -0.2) is 43.2 Å². The largest absolute Gasteiger partial charge is 1.00 e. The molecule has 0 aliphatic heterocycles. The fourth-order valence-electron chi connectivity index (χ4n) is 1.75. The van der Waals surface area contributed by atoms with Gasteiger partial charge in [-0.1, -0.05) is 5.16 Å². The van der Waals surface area contributed by atoms with Gasteiger partial charge in [-0.15, -0.1) is 10.2 Å². The van der Waals surface area contributed by atoms with Crippen LogP contribution in [0.4, 0.5) is 22.9 Å². The minimum atomic E-state index is -4.79. The molecule has 25 heavy (non-hydrogen) atoms. The highest BCUT2D eigenvalue weighted by atomic mass is 32.3. The molecule has 13 heteroatoms. The third-order valence-corrected chi connectivity index (χ3v) is 3.39. The van der Waals surface area contributed by atoms with Crippen molar-refractivity contribution in [1.82, 2.24) is 5.16 Å². The van der Waals surface area contributed by atoms with Gasteiger partial charge in [-0.3, -0.25) is 14.3 Å². The van der Waals surface area contributed by atoms with Crippen LogP contribution in [0.3, 0.4) is 0 Å². The van der Waals surface area contributed by atoms with Gasteiger partial charge < -0.3 is 14.0 Å². The van der Waals surface area contributed by atoms with Gasteiger partial charge in [-0.2, -0.15) is 0 Å². The van der Waals surface area contributed by atoms with E-state index < -0.39 is 15.3 Å². The number of hydrogen-bond acceptors (Lipinski definition) is 11. The van der Waals surface area contributed by atoms with Gasteiger partial charge in [-0.25, -0.2) is 8.42 Å². The highest BCUT2D eigenvalue weighted by molar-refractivity contribution is 7.80. The van der Waals surface area contributed by atoms with Crippen LogP contribution in [0.5, 0.6) is 0 Å². The molecule has 0 aliphatic carbocycles. The Kier molecular flexibility index (Phi) is 5.74. The fourth-order valence-corrected chi connectivity index (χ4v) is 2.03. The van der Waals surface area contributed by atoms with Crippen LogP contribution in [0.2, 0.25) is 0 Å². The Balaban J connectivity index is 0.00000338. The van der Waals surface area contributed by atoms with Crippen molar-refractivity contribution in [2.45, 2.75) is 0 Å². The molecule has 0 saturated carbocycles. The first-order valence-electron chi connectivity index (χ1n) is 6.68. The predicted octanol–water partition coefficient (Wildman–Crippen LogP) is 2.02. The molecule has 0 atom stereocenters. The first-order valence-corrected chi connectivity index (χ1v) is 8.02. The van der Waals surface area contributed by atoms with Crippen LogP contribution in [0.15, 0.2) is 45.2 Å². The van der Waals surface area contributed by atoms with E-state index >= 15 is 0 Å². The minimum absolute atomic E-state index is 0. The van der Waals surface area contributed by atoms with E-state index in [-0.39, 0.29) is 31.8 Å². The molecule has 0 spiro atoms. The second-order valence-corrected chi connectivity index (χ2v) is 5.68. The number of nitrogens with zero attached hydrogens (tertiary/aromatic N) is 5. The van der Waals surface area contributed by atoms with Gasteiger partial charge in [0, 0.05) is 31.4 Å². The smallest absolute Gasteiger partial charge is 0.726 e.